The first-order valence-corrected chi connectivity index (χ1v) is 6.61. The molecule has 1 aliphatic heterocycles. The van der Waals surface area contributed by atoms with Gasteiger partial charge in [0.05, 0.1) is 6.10 Å². The summed E-state index contributed by atoms with van der Waals surface area (Å²) in [7, 11) is 0. The minimum atomic E-state index is 0.195. The molecule has 1 aliphatic rings. The molecule has 1 saturated heterocycles. The van der Waals surface area contributed by atoms with Gasteiger partial charge in [0.25, 0.3) is 0 Å². The van der Waals surface area contributed by atoms with Crippen molar-refractivity contribution in [3.05, 3.63) is 21.9 Å². The van der Waals surface area contributed by atoms with E-state index in [9.17, 15) is 0 Å². The molecule has 3 heteroatoms. The van der Waals surface area contributed by atoms with Crippen LogP contribution in [0.25, 0.3) is 0 Å². The molecule has 0 aliphatic carbocycles. The Morgan fingerprint density at radius 2 is 2.47 bits per heavy atom. The van der Waals surface area contributed by atoms with E-state index in [-0.39, 0.29) is 6.04 Å². The summed E-state index contributed by atoms with van der Waals surface area (Å²) >= 11 is 1.74. The molecule has 0 saturated carbocycles. The lowest BCUT2D eigenvalue weighted by Gasteiger charge is -2.14. The fourth-order valence-corrected chi connectivity index (χ4v) is 3.06. The fourth-order valence-electron chi connectivity index (χ4n) is 2.14. The monoisotopic (exact) mass is 225 g/mol. The predicted octanol–water partition coefficient (Wildman–Crippen LogP) is 3.02. The molecule has 2 atom stereocenters. The Morgan fingerprint density at radius 3 is 3.07 bits per heavy atom. The molecule has 0 bridgehead atoms. The van der Waals surface area contributed by atoms with Gasteiger partial charge in [-0.3, -0.25) is 0 Å². The van der Waals surface area contributed by atoms with Gasteiger partial charge in [-0.05, 0) is 54.5 Å². The fraction of sp³-hybridized carbons (Fsp3) is 0.667. The van der Waals surface area contributed by atoms with Gasteiger partial charge >= 0.3 is 0 Å². The smallest absolute Gasteiger partial charge is 0.0576 e. The SMILES string of the molecule is Cc1cscc1C(N)CCC1CCCO1. The van der Waals surface area contributed by atoms with Crippen molar-refractivity contribution in [1.29, 1.82) is 0 Å². The van der Waals surface area contributed by atoms with Crippen LogP contribution in [-0.4, -0.2) is 12.7 Å². The molecule has 2 nitrogen and oxygen atoms in total. The van der Waals surface area contributed by atoms with Gasteiger partial charge < -0.3 is 10.5 Å². The minimum absolute atomic E-state index is 0.195. The van der Waals surface area contributed by atoms with Crippen molar-refractivity contribution >= 4 is 11.3 Å². The van der Waals surface area contributed by atoms with E-state index in [1.54, 1.807) is 11.3 Å². The Kier molecular flexibility index (Phi) is 3.78. The number of hydrogen-bond donors (Lipinski definition) is 1. The van der Waals surface area contributed by atoms with Gasteiger partial charge in [-0.2, -0.15) is 11.3 Å². The second kappa shape index (κ2) is 5.10. The second-order valence-electron chi connectivity index (χ2n) is 4.33. The first-order valence-electron chi connectivity index (χ1n) is 5.67. The molecule has 0 spiro atoms. The highest BCUT2D eigenvalue weighted by Gasteiger charge is 2.17. The summed E-state index contributed by atoms with van der Waals surface area (Å²) in [4.78, 5) is 0. The van der Waals surface area contributed by atoms with Crippen molar-refractivity contribution in [2.75, 3.05) is 6.61 Å². The minimum Gasteiger partial charge on any atom is -0.378 e. The van der Waals surface area contributed by atoms with E-state index in [1.165, 1.54) is 24.0 Å². The van der Waals surface area contributed by atoms with Crippen molar-refractivity contribution in [1.82, 2.24) is 0 Å². The maximum Gasteiger partial charge on any atom is 0.0576 e. The highest BCUT2D eigenvalue weighted by Crippen LogP contribution is 2.26. The van der Waals surface area contributed by atoms with Crippen molar-refractivity contribution in [3.8, 4) is 0 Å². The Labute approximate surface area is 95.4 Å². The van der Waals surface area contributed by atoms with Gasteiger partial charge in [0.15, 0.2) is 0 Å². The maximum absolute atomic E-state index is 6.17. The molecule has 0 aromatic carbocycles. The quantitative estimate of drug-likeness (QED) is 0.855. The van der Waals surface area contributed by atoms with E-state index in [0.29, 0.717) is 6.10 Å². The van der Waals surface area contributed by atoms with Crippen LogP contribution in [-0.2, 0) is 4.74 Å². The van der Waals surface area contributed by atoms with Crippen molar-refractivity contribution in [2.24, 2.45) is 5.73 Å². The van der Waals surface area contributed by atoms with E-state index in [0.717, 1.165) is 19.4 Å². The van der Waals surface area contributed by atoms with Crippen molar-refractivity contribution in [3.63, 3.8) is 0 Å². The molecular formula is C12H19NOS. The average Bonchev–Trinajstić information content (AvgIpc) is 2.84. The van der Waals surface area contributed by atoms with Crippen LogP contribution >= 0.6 is 11.3 Å². The number of aryl methyl sites for hydroxylation is 1. The van der Waals surface area contributed by atoms with Gasteiger partial charge in [0.2, 0.25) is 0 Å². The first-order chi connectivity index (χ1) is 7.27. The van der Waals surface area contributed by atoms with E-state index < -0.39 is 0 Å². The Bertz CT molecular complexity index is 304. The molecule has 0 amide bonds. The lowest BCUT2D eigenvalue weighted by atomic mass is 10.00. The van der Waals surface area contributed by atoms with Crippen LogP contribution < -0.4 is 5.73 Å². The molecule has 84 valence electrons. The molecule has 1 aromatic heterocycles. The van der Waals surface area contributed by atoms with E-state index in [4.69, 9.17) is 10.5 Å². The number of rotatable bonds is 4. The molecule has 1 aromatic rings. The zero-order valence-electron chi connectivity index (χ0n) is 9.24. The molecular weight excluding hydrogens is 206 g/mol. The van der Waals surface area contributed by atoms with Crippen LogP contribution in [0.4, 0.5) is 0 Å². The van der Waals surface area contributed by atoms with Crippen LogP contribution in [0.5, 0.6) is 0 Å². The Balaban J connectivity index is 1.81. The molecule has 2 rings (SSSR count). The van der Waals surface area contributed by atoms with E-state index in [1.807, 2.05) is 0 Å². The zero-order chi connectivity index (χ0) is 10.7. The maximum atomic E-state index is 6.17. The molecule has 2 unspecified atom stereocenters. The van der Waals surface area contributed by atoms with Crippen LogP contribution in [0.1, 0.15) is 42.9 Å². The van der Waals surface area contributed by atoms with Gasteiger partial charge in [0, 0.05) is 12.6 Å². The zero-order valence-corrected chi connectivity index (χ0v) is 10.1. The number of thiophene rings is 1. The summed E-state index contributed by atoms with van der Waals surface area (Å²) in [6.45, 7) is 3.08. The van der Waals surface area contributed by atoms with Gasteiger partial charge in [-0.1, -0.05) is 0 Å². The third kappa shape index (κ3) is 2.80. The topological polar surface area (TPSA) is 35.2 Å². The molecule has 0 radical (unpaired) electrons. The summed E-state index contributed by atoms with van der Waals surface area (Å²) in [6.07, 6.45) is 5.06. The summed E-state index contributed by atoms with van der Waals surface area (Å²) in [6, 6.07) is 0.195. The van der Waals surface area contributed by atoms with Crippen molar-refractivity contribution in [2.45, 2.75) is 44.8 Å². The third-order valence-electron chi connectivity index (χ3n) is 3.12. The summed E-state index contributed by atoms with van der Waals surface area (Å²) in [5.41, 5.74) is 8.82. The molecule has 1 fully saturated rings. The lowest BCUT2D eigenvalue weighted by Crippen LogP contribution is -2.14. The van der Waals surface area contributed by atoms with Gasteiger partial charge in [0.1, 0.15) is 0 Å². The van der Waals surface area contributed by atoms with Gasteiger partial charge in [-0.15, -0.1) is 0 Å². The van der Waals surface area contributed by atoms with Crippen molar-refractivity contribution < 1.29 is 4.74 Å². The van der Waals surface area contributed by atoms with E-state index >= 15 is 0 Å². The predicted molar refractivity (Wildman–Crippen MR) is 64.2 cm³/mol. The van der Waals surface area contributed by atoms with E-state index in [2.05, 4.69) is 17.7 Å². The van der Waals surface area contributed by atoms with Crippen LogP contribution in [0.2, 0.25) is 0 Å². The number of hydrogen-bond acceptors (Lipinski definition) is 3. The summed E-state index contributed by atoms with van der Waals surface area (Å²) < 4.78 is 5.60. The van der Waals surface area contributed by atoms with Gasteiger partial charge in [-0.25, -0.2) is 0 Å². The largest absolute Gasteiger partial charge is 0.378 e. The van der Waals surface area contributed by atoms with Crippen LogP contribution in [0.3, 0.4) is 0 Å². The normalized spacial score (nSPS) is 23.2. The summed E-state index contributed by atoms with van der Waals surface area (Å²) in [5.74, 6) is 0. The molecule has 15 heavy (non-hydrogen) atoms. The van der Waals surface area contributed by atoms with Crippen LogP contribution in [0, 0.1) is 6.92 Å². The molecule has 2 heterocycles. The Morgan fingerprint density at radius 1 is 1.60 bits per heavy atom. The highest BCUT2D eigenvalue weighted by atomic mass is 32.1. The highest BCUT2D eigenvalue weighted by molar-refractivity contribution is 7.08. The number of nitrogens with two attached hydrogens (primary N) is 1. The number of ether oxygens (including phenoxy) is 1. The average molecular weight is 225 g/mol. The third-order valence-corrected chi connectivity index (χ3v) is 4.00. The standard InChI is InChI=1S/C12H19NOS/c1-9-7-15-8-11(9)12(13)5-4-10-3-2-6-14-10/h7-8,10,12H,2-6,13H2,1H3. The molecule has 2 N–H and O–H groups in total. The summed E-state index contributed by atoms with van der Waals surface area (Å²) in [5, 5.41) is 4.34. The van der Waals surface area contributed by atoms with Crippen LogP contribution in [0.15, 0.2) is 10.8 Å². The first kappa shape index (κ1) is 11.1. The Hall–Kier alpha value is -0.380. The second-order valence-corrected chi connectivity index (χ2v) is 5.07. The lowest BCUT2D eigenvalue weighted by molar-refractivity contribution is 0.101.